The topological polar surface area (TPSA) is 117 Å². The summed E-state index contributed by atoms with van der Waals surface area (Å²) in [6.45, 7) is 3.48. The smallest absolute Gasteiger partial charge is 0.408 e. The van der Waals surface area contributed by atoms with E-state index in [1.807, 2.05) is 0 Å². The molecule has 4 aromatic heterocycles. The first kappa shape index (κ1) is 29.2. The number of aromatic nitrogens is 6. The number of nitrogens with one attached hydrogen (secondary N) is 1. The van der Waals surface area contributed by atoms with Crippen LogP contribution in [0.15, 0.2) is 47.5 Å². The van der Waals surface area contributed by atoms with Gasteiger partial charge in [0.25, 0.3) is 16.4 Å². The Bertz CT molecular complexity index is 1900. The van der Waals surface area contributed by atoms with Crippen LogP contribution in [0, 0.1) is 13.8 Å². The second-order valence-corrected chi connectivity index (χ2v) is 11.3. The highest BCUT2D eigenvalue weighted by molar-refractivity contribution is 7.90. The van der Waals surface area contributed by atoms with E-state index in [-0.39, 0.29) is 44.5 Å². The van der Waals surface area contributed by atoms with Crippen LogP contribution < -0.4 is 10.1 Å². The summed E-state index contributed by atoms with van der Waals surface area (Å²) < 4.78 is 102. The number of alkyl halides is 5. The molecule has 0 aliphatic carbocycles. The predicted octanol–water partition coefficient (Wildman–Crippen LogP) is 5.33. The molecule has 0 radical (unpaired) electrons. The van der Waals surface area contributed by atoms with Crippen LogP contribution in [-0.2, 0) is 16.6 Å². The lowest BCUT2D eigenvalue weighted by Gasteiger charge is -2.19. The lowest BCUT2D eigenvalue weighted by molar-refractivity contribution is -0.138. The van der Waals surface area contributed by atoms with E-state index in [0.29, 0.717) is 5.52 Å². The van der Waals surface area contributed by atoms with E-state index in [4.69, 9.17) is 4.74 Å². The first-order chi connectivity index (χ1) is 19.7. The molecule has 5 aromatic rings. The molecule has 1 atom stereocenters. The van der Waals surface area contributed by atoms with Crippen LogP contribution in [0.25, 0.3) is 33.5 Å². The lowest BCUT2D eigenvalue weighted by Crippen LogP contribution is -2.33. The number of nitrogens with zero attached hydrogens (tertiary/aromatic N) is 6. The fourth-order valence-electron chi connectivity index (χ4n) is 4.38. The number of rotatable bonds is 8. The SMILES string of the molecule is COc1nc(NC(C)C(F)(F)F)c2c(-c3ccc4nc(C)n(CC(F)F)c4n3)cn(S(=O)(=O)c3ccc(C)cc3)c2n1. The molecule has 1 aromatic carbocycles. The molecule has 4 heterocycles. The highest BCUT2D eigenvalue weighted by Crippen LogP contribution is 2.38. The Hall–Kier alpha value is -4.34. The minimum atomic E-state index is -4.68. The number of benzene rings is 1. The van der Waals surface area contributed by atoms with Crippen LogP contribution in [-0.4, -0.2) is 62.6 Å². The third kappa shape index (κ3) is 5.21. The summed E-state index contributed by atoms with van der Waals surface area (Å²) in [5.74, 6) is -0.0950. The van der Waals surface area contributed by atoms with Gasteiger partial charge in [-0.25, -0.2) is 31.1 Å². The molecule has 222 valence electrons. The number of pyridine rings is 1. The average Bonchev–Trinajstić information content (AvgIpc) is 3.46. The van der Waals surface area contributed by atoms with Gasteiger partial charge in [0.05, 0.1) is 29.6 Å². The fourth-order valence-corrected chi connectivity index (χ4v) is 5.70. The van der Waals surface area contributed by atoms with Gasteiger partial charge in [-0.15, -0.1) is 0 Å². The second kappa shape index (κ2) is 10.5. The number of halogens is 5. The fraction of sp³-hybridized carbons (Fsp3) is 0.308. The van der Waals surface area contributed by atoms with Gasteiger partial charge < -0.3 is 14.6 Å². The van der Waals surface area contributed by atoms with Crippen molar-refractivity contribution in [1.29, 1.82) is 0 Å². The summed E-state index contributed by atoms with van der Waals surface area (Å²) in [5, 5.41) is 2.19. The summed E-state index contributed by atoms with van der Waals surface area (Å²) in [6.07, 6.45) is -6.24. The maximum Gasteiger partial charge on any atom is 0.408 e. The number of anilines is 1. The molecule has 0 spiro atoms. The number of hydrogen-bond acceptors (Lipinski definition) is 8. The average molecular weight is 610 g/mol. The number of aryl methyl sites for hydroxylation is 2. The Morgan fingerprint density at radius 3 is 2.29 bits per heavy atom. The monoisotopic (exact) mass is 609 g/mol. The first-order valence-electron chi connectivity index (χ1n) is 12.5. The molecule has 0 aliphatic heterocycles. The molecule has 0 saturated heterocycles. The van der Waals surface area contributed by atoms with Gasteiger partial charge in [0.1, 0.15) is 23.2 Å². The molecule has 0 bridgehead atoms. The van der Waals surface area contributed by atoms with E-state index >= 15 is 0 Å². The van der Waals surface area contributed by atoms with Crippen molar-refractivity contribution in [2.75, 3.05) is 12.4 Å². The van der Waals surface area contributed by atoms with Gasteiger partial charge in [-0.05, 0) is 45.0 Å². The van der Waals surface area contributed by atoms with E-state index in [0.717, 1.165) is 22.7 Å². The molecule has 1 N–H and O–H groups in total. The standard InChI is InChI=1S/C26H24F5N7O3S/c1-13-5-7-16(8-6-13)42(39,40)38-11-17(18-9-10-19-23(34-18)37(12-20(27)28)15(3)33-19)21-22(32-14(2)26(29,30)31)35-25(41-4)36-24(21)38/h5-11,14,20H,12H2,1-4H3,(H,32,35,36). The molecule has 0 aliphatic rings. The van der Waals surface area contributed by atoms with Gasteiger partial charge in [-0.3, -0.25) is 0 Å². The molecule has 5 rings (SSSR count). The summed E-state index contributed by atoms with van der Waals surface area (Å²) >= 11 is 0. The van der Waals surface area contributed by atoms with Gasteiger partial charge in [0, 0.05) is 11.8 Å². The summed E-state index contributed by atoms with van der Waals surface area (Å²) in [5.41, 5.74) is 1.00. The Morgan fingerprint density at radius 1 is 0.976 bits per heavy atom. The molecule has 0 amide bonds. The van der Waals surface area contributed by atoms with Crippen molar-refractivity contribution in [3.63, 3.8) is 0 Å². The molecule has 1 unspecified atom stereocenters. The van der Waals surface area contributed by atoms with Crippen LogP contribution in [0.5, 0.6) is 6.01 Å². The number of methoxy groups -OCH3 is 1. The minimum Gasteiger partial charge on any atom is -0.467 e. The largest absolute Gasteiger partial charge is 0.467 e. The minimum absolute atomic E-state index is 0.0320. The summed E-state index contributed by atoms with van der Waals surface area (Å²) in [6, 6.07) is 6.42. The molecule has 16 heteroatoms. The van der Waals surface area contributed by atoms with Gasteiger partial charge >= 0.3 is 12.2 Å². The van der Waals surface area contributed by atoms with E-state index in [1.54, 1.807) is 19.1 Å². The zero-order valence-electron chi connectivity index (χ0n) is 22.6. The highest BCUT2D eigenvalue weighted by Gasteiger charge is 2.37. The Kier molecular flexibility index (Phi) is 7.28. The maximum atomic E-state index is 13.8. The summed E-state index contributed by atoms with van der Waals surface area (Å²) in [4.78, 5) is 16.9. The Morgan fingerprint density at radius 2 is 1.67 bits per heavy atom. The Labute approximate surface area is 236 Å². The quantitative estimate of drug-likeness (QED) is 0.235. The van der Waals surface area contributed by atoms with Crippen molar-refractivity contribution in [1.82, 2.24) is 28.5 Å². The Balaban J connectivity index is 1.83. The van der Waals surface area contributed by atoms with Crippen LogP contribution >= 0.6 is 0 Å². The van der Waals surface area contributed by atoms with Crippen molar-refractivity contribution in [2.45, 2.75) is 50.9 Å². The van der Waals surface area contributed by atoms with Crippen LogP contribution in [0.3, 0.4) is 0 Å². The number of ether oxygens (including phenoxy) is 1. The van der Waals surface area contributed by atoms with Crippen LogP contribution in [0.1, 0.15) is 18.3 Å². The van der Waals surface area contributed by atoms with E-state index in [1.165, 1.54) is 42.9 Å². The maximum absolute atomic E-state index is 13.8. The molecular weight excluding hydrogens is 585 g/mol. The molecule has 10 nitrogen and oxygen atoms in total. The normalized spacial score (nSPS) is 13.3. The zero-order chi connectivity index (χ0) is 30.6. The summed E-state index contributed by atoms with van der Waals surface area (Å²) in [7, 11) is -3.17. The van der Waals surface area contributed by atoms with Crippen LogP contribution in [0.4, 0.5) is 27.8 Å². The third-order valence-electron chi connectivity index (χ3n) is 6.58. The van der Waals surface area contributed by atoms with Crippen LogP contribution in [0.2, 0.25) is 0 Å². The van der Waals surface area contributed by atoms with Crippen molar-refractivity contribution in [2.24, 2.45) is 0 Å². The molecule has 42 heavy (non-hydrogen) atoms. The third-order valence-corrected chi connectivity index (χ3v) is 8.24. The number of imidazole rings is 1. The van der Waals surface area contributed by atoms with Gasteiger partial charge in [-0.2, -0.15) is 23.1 Å². The predicted molar refractivity (Wildman–Crippen MR) is 144 cm³/mol. The number of hydrogen-bond donors (Lipinski definition) is 1. The van der Waals surface area contributed by atoms with Crippen molar-refractivity contribution in [3.05, 3.63) is 54.0 Å². The molecular formula is C26H24F5N7O3S. The van der Waals surface area contributed by atoms with E-state index in [9.17, 15) is 30.4 Å². The second-order valence-electron chi connectivity index (χ2n) is 9.52. The zero-order valence-corrected chi connectivity index (χ0v) is 23.4. The highest BCUT2D eigenvalue weighted by atomic mass is 32.2. The van der Waals surface area contributed by atoms with Crippen molar-refractivity contribution < 1.29 is 35.1 Å². The van der Waals surface area contributed by atoms with E-state index in [2.05, 4.69) is 25.3 Å². The number of fused-ring (bicyclic) bond motifs is 2. The van der Waals surface area contributed by atoms with Gasteiger partial charge in [-0.1, -0.05) is 17.7 Å². The van der Waals surface area contributed by atoms with Crippen molar-refractivity contribution in [3.8, 4) is 17.3 Å². The lowest BCUT2D eigenvalue weighted by atomic mass is 10.1. The molecule has 0 fully saturated rings. The molecule has 0 saturated carbocycles. The van der Waals surface area contributed by atoms with Crippen molar-refractivity contribution >= 4 is 38.0 Å². The van der Waals surface area contributed by atoms with Gasteiger partial charge in [0.2, 0.25) is 0 Å². The van der Waals surface area contributed by atoms with E-state index < -0.39 is 41.2 Å². The van der Waals surface area contributed by atoms with Gasteiger partial charge in [0.15, 0.2) is 11.3 Å². The first-order valence-corrected chi connectivity index (χ1v) is 13.9.